The van der Waals surface area contributed by atoms with E-state index in [0.717, 1.165) is 72.4 Å². The number of methoxy groups -OCH3 is 1. The van der Waals surface area contributed by atoms with Crippen molar-refractivity contribution in [1.29, 1.82) is 0 Å². The largest absolute Gasteiger partial charge is 0.497 e. The first-order valence-corrected chi connectivity index (χ1v) is 11.0. The maximum Gasteiger partial charge on any atom is 0.128 e. The molecule has 0 saturated carbocycles. The van der Waals surface area contributed by atoms with Crippen LogP contribution in [0.2, 0.25) is 0 Å². The molecular weight excluding hydrogens is 380 g/mol. The highest BCUT2D eigenvalue weighted by Gasteiger charge is 2.30. The Morgan fingerprint density at radius 3 is 2.69 bits per heavy atom. The molecule has 29 heavy (non-hydrogen) atoms. The molecule has 0 spiro atoms. The van der Waals surface area contributed by atoms with Gasteiger partial charge >= 0.3 is 0 Å². The fourth-order valence-electron chi connectivity index (χ4n) is 4.26. The average molecular weight is 408 g/mol. The van der Waals surface area contributed by atoms with Gasteiger partial charge in [0.15, 0.2) is 0 Å². The third kappa shape index (κ3) is 4.44. The molecule has 4 nitrogen and oxygen atoms in total. The summed E-state index contributed by atoms with van der Waals surface area (Å²) in [4.78, 5) is 11.9. The number of nitrogens with zero attached hydrogens (tertiary/aromatic N) is 1. The number of thiophene rings is 1. The molecule has 0 amide bonds. The summed E-state index contributed by atoms with van der Waals surface area (Å²) in [6, 6.07) is 16.7. The molecule has 4 rings (SSSR count). The molecule has 0 unspecified atom stereocenters. The molecule has 0 aliphatic carbocycles. The SMILES string of the molecule is COc1ccc2scc(C(=C=O)CC[N+]3(Cc4ccccc4)CCNCC3)c2c1. The lowest BCUT2D eigenvalue weighted by atomic mass is 10.0. The van der Waals surface area contributed by atoms with Crippen molar-refractivity contribution in [1.82, 2.24) is 5.32 Å². The smallest absolute Gasteiger partial charge is 0.128 e. The first kappa shape index (κ1) is 19.9. The van der Waals surface area contributed by atoms with Gasteiger partial charge in [0.1, 0.15) is 18.2 Å². The van der Waals surface area contributed by atoms with Crippen molar-refractivity contribution < 1.29 is 14.0 Å². The lowest BCUT2D eigenvalue weighted by molar-refractivity contribution is -0.941. The molecule has 1 aromatic heterocycles. The number of nitrogens with one attached hydrogen (secondary N) is 1. The van der Waals surface area contributed by atoms with E-state index >= 15 is 0 Å². The molecule has 1 aliphatic rings. The predicted molar refractivity (Wildman–Crippen MR) is 120 cm³/mol. The highest BCUT2D eigenvalue weighted by atomic mass is 32.1. The van der Waals surface area contributed by atoms with E-state index in [1.165, 1.54) is 10.3 Å². The highest BCUT2D eigenvalue weighted by Crippen LogP contribution is 2.34. The van der Waals surface area contributed by atoms with Crippen molar-refractivity contribution in [2.24, 2.45) is 0 Å². The van der Waals surface area contributed by atoms with Crippen LogP contribution in [0, 0.1) is 0 Å². The summed E-state index contributed by atoms with van der Waals surface area (Å²) in [6.07, 6.45) is 0.735. The van der Waals surface area contributed by atoms with Crippen LogP contribution in [0.5, 0.6) is 5.75 Å². The summed E-state index contributed by atoms with van der Waals surface area (Å²) in [7, 11) is 1.67. The quantitative estimate of drug-likeness (QED) is 0.473. The van der Waals surface area contributed by atoms with Crippen molar-refractivity contribution in [3.63, 3.8) is 0 Å². The normalized spacial score (nSPS) is 15.8. The second-order valence-corrected chi connectivity index (χ2v) is 8.66. The summed E-state index contributed by atoms with van der Waals surface area (Å²) in [5, 5.41) is 6.65. The monoisotopic (exact) mass is 407 g/mol. The molecule has 150 valence electrons. The van der Waals surface area contributed by atoms with Crippen molar-refractivity contribution in [2.75, 3.05) is 39.8 Å². The van der Waals surface area contributed by atoms with Crippen LogP contribution < -0.4 is 10.1 Å². The van der Waals surface area contributed by atoms with E-state index in [9.17, 15) is 4.79 Å². The van der Waals surface area contributed by atoms with Gasteiger partial charge in [-0.3, -0.25) is 0 Å². The van der Waals surface area contributed by atoms with Gasteiger partial charge in [-0.25, -0.2) is 4.79 Å². The third-order valence-corrected chi connectivity index (χ3v) is 6.92. The van der Waals surface area contributed by atoms with Crippen molar-refractivity contribution in [3.8, 4) is 5.75 Å². The zero-order valence-electron chi connectivity index (χ0n) is 16.8. The Labute approximate surface area is 176 Å². The fourth-order valence-corrected chi connectivity index (χ4v) is 5.22. The first-order chi connectivity index (χ1) is 14.2. The minimum atomic E-state index is 0.735. The molecular formula is C24H27N2O2S+. The van der Waals surface area contributed by atoms with Crippen LogP contribution in [0.3, 0.4) is 0 Å². The topological polar surface area (TPSA) is 38.3 Å². The van der Waals surface area contributed by atoms with Gasteiger partial charge in [0.2, 0.25) is 0 Å². The maximum absolute atomic E-state index is 11.9. The molecule has 2 heterocycles. The minimum Gasteiger partial charge on any atom is -0.497 e. The molecule has 1 aliphatic heterocycles. The zero-order valence-corrected chi connectivity index (χ0v) is 17.6. The average Bonchev–Trinajstić information content (AvgIpc) is 3.19. The molecule has 0 atom stereocenters. The number of quaternary nitrogens is 1. The number of carbonyl (C=O) groups excluding carboxylic acids is 1. The van der Waals surface area contributed by atoms with Gasteiger partial charge in [-0.05, 0) is 18.2 Å². The van der Waals surface area contributed by atoms with Crippen molar-refractivity contribution in [2.45, 2.75) is 13.0 Å². The zero-order chi connectivity index (χ0) is 20.1. The lowest BCUT2D eigenvalue weighted by Gasteiger charge is -2.42. The van der Waals surface area contributed by atoms with Crippen LogP contribution in [0.1, 0.15) is 17.5 Å². The lowest BCUT2D eigenvalue weighted by Crippen LogP contribution is -2.58. The Kier molecular flexibility index (Phi) is 6.12. The summed E-state index contributed by atoms with van der Waals surface area (Å²) >= 11 is 1.67. The standard InChI is InChI=1S/C24H27N2O2S/c1-28-21-7-8-24-22(15-21)23(18-29-24)20(17-27)9-12-26(13-10-25-11-14-26)16-19-5-3-2-4-6-19/h2-8,15,18,25H,9-14,16H2,1H3/q+1. The molecule has 1 fully saturated rings. The number of hydrogen-bond acceptors (Lipinski definition) is 4. The minimum absolute atomic E-state index is 0.735. The molecule has 0 radical (unpaired) electrons. The summed E-state index contributed by atoms with van der Waals surface area (Å²) in [6.45, 7) is 6.16. The Balaban J connectivity index is 1.57. The Hall–Kier alpha value is -2.43. The predicted octanol–water partition coefficient (Wildman–Crippen LogP) is 4.14. The van der Waals surface area contributed by atoms with Crippen LogP contribution in [0.15, 0.2) is 53.9 Å². The van der Waals surface area contributed by atoms with Gasteiger partial charge in [-0.15, -0.1) is 11.3 Å². The van der Waals surface area contributed by atoms with Gasteiger partial charge in [-0.1, -0.05) is 30.3 Å². The van der Waals surface area contributed by atoms with Crippen molar-refractivity contribution in [3.05, 3.63) is 65.0 Å². The Morgan fingerprint density at radius 2 is 1.97 bits per heavy atom. The van der Waals surface area contributed by atoms with E-state index in [1.807, 2.05) is 12.1 Å². The number of piperazine rings is 1. The number of benzene rings is 2. The van der Waals surface area contributed by atoms with Crippen LogP contribution in [-0.2, 0) is 11.3 Å². The van der Waals surface area contributed by atoms with E-state index in [2.05, 4.69) is 53.0 Å². The summed E-state index contributed by atoms with van der Waals surface area (Å²) < 4.78 is 7.56. The second-order valence-electron chi connectivity index (χ2n) is 7.75. The van der Waals surface area contributed by atoms with Gasteiger partial charge in [-0.2, -0.15) is 0 Å². The molecule has 0 bridgehead atoms. The van der Waals surface area contributed by atoms with Crippen LogP contribution in [0.4, 0.5) is 0 Å². The van der Waals surface area contributed by atoms with E-state index < -0.39 is 0 Å². The van der Waals surface area contributed by atoms with Crippen LogP contribution in [-0.4, -0.2) is 50.3 Å². The van der Waals surface area contributed by atoms with E-state index in [1.54, 1.807) is 18.4 Å². The second kappa shape index (κ2) is 8.93. The molecule has 1 saturated heterocycles. The van der Waals surface area contributed by atoms with Crippen LogP contribution >= 0.6 is 11.3 Å². The van der Waals surface area contributed by atoms with Gasteiger partial charge < -0.3 is 14.5 Å². The van der Waals surface area contributed by atoms with Crippen LogP contribution in [0.25, 0.3) is 15.7 Å². The van der Waals surface area contributed by atoms with Crippen molar-refractivity contribution >= 4 is 32.9 Å². The van der Waals surface area contributed by atoms with E-state index in [4.69, 9.17) is 4.74 Å². The van der Waals surface area contributed by atoms with Gasteiger partial charge in [0.25, 0.3) is 0 Å². The molecule has 3 aromatic rings. The Morgan fingerprint density at radius 1 is 1.17 bits per heavy atom. The molecule has 5 heteroatoms. The van der Waals surface area contributed by atoms with E-state index in [0.29, 0.717) is 0 Å². The highest BCUT2D eigenvalue weighted by molar-refractivity contribution is 7.17. The molecule has 2 aromatic carbocycles. The third-order valence-electron chi connectivity index (χ3n) is 5.95. The summed E-state index contributed by atoms with van der Waals surface area (Å²) in [5.41, 5.74) is 3.14. The van der Waals surface area contributed by atoms with Gasteiger partial charge in [0.05, 0.1) is 32.3 Å². The number of fused-ring (bicyclic) bond motifs is 1. The number of ether oxygens (including phenoxy) is 1. The first-order valence-electron chi connectivity index (χ1n) is 10.1. The number of rotatable bonds is 7. The number of hydrogen-bond donors (Lipinski definition) is 1. The summed E-state index contributed by atoms with van der Waals surface area (Å²) in [5.74, 6) is 3.08. The van der Waals surface area contributed by atoms with E-state index in [-0.39, 0.29) is 0 Å². The Bertz CT molecular complexity index is 1020. The maximum atomic E-state index is 11.9. The molecule has 1 N–H and O–H groups in total. The fraction of sp³-hybridized carbons (Fsp3) is 0.333. The van der Waals surface area contributed by atoms with Gasteiger partial charge in [0, 0.05) is 46.1 Å².